The molecular formula is C29H29ClN2O3S. The Morgan fingerprint density at radius 1 is 0.944 bits per heavy atom. The first kappa shape index (κ1) is 25.7. The average molecular weight is 521 g/mol. The number of nitrogens with zero attached hydrogens (tertiary/aromatic N) is 1. The number of esters is 1. The van der Waals surface area contributed by atoms with E-state index in [1.807, 2.05) is 67.6 Å². The number of halogens is 1. The van der Waals surface area contributed by atoms with Crippen molar-refractivity contribution in [1.82, 2.24) is 0 Å². The first-order chi connectivity index (χ1) is 17.5. The smallest absolute Gasteiger partial charge is 0.307 e. The molecule has 0 spiro atoms. The molecule has 7 heteroatoms. The van der Waals surface area contributed by atoms with E-state index in [0.717, 1.165) is 38.4 Å². The van der Waals surface area contributed by atoms with Gasteiger partial charge in [0.25, 0.3) is 0 Å². The van der Waals surface area contributed by atoms with E-state index in [-0.39, 0.29) is 18.4 Å². The molecule has 0 fully saturated rings. The summed E-state index contributed by atoms with van der Waals surface area (Å²) in [6.45, 7) is 2.60. The molecule has 5 nitrogen and oxygen atoms in total. The molecule has 0 aliphatic carbocycles. The van der Waals surface area contributed by atoms with Crippen molar-refractivity contribution in [2.45, 2.75) is 30.8 Å². The summed E-state index contributed by atoms with van der Waals surface area (Å²) in [5.74, 6) is 0.582. The zero-order valence-electron chi connectivity index (χ0n) is 20.5. The van der Waals surface area contributed by atoms with Crippen LogP contribution in [0.1, 0.15) is 18.9 Å². The molecule has 0 heterocycles. The van der Waals surface area contributed by atoms with Crippen LogP contribution in [0.4, 0.5) is 11.4 Å². The molecule has 0 radical (unpaired) electrons. The van der Waals surface area contributed by atoms with Gasteiger partial charge in [0.05, 0.1) is 26.3 Å². The normalized spacial score (nSPS) is 11.7. The van der Waals surface area contributed by atoms with Gasteiger partial charge in [0, 0.05) is 39.0 Å². The number of hydrogen-bond acceptors (Lipinski definition) is 6. The van der Waals surface area contributed by atoms with Crippen LogP contribution in [0.3, 0.4) is 0 Å². The molecule has 0 aliphatic heterocycles. The molecule has 0 saturated carbocycles. The third kappa shape index (κ3) is 6.07. The van der Waals surface area contributed by atoms with Gasteiger partial charge >= 0.3 is 5.97 Å². The molecule has 36 heavy (non-hydrogen) atoms. The number of hydrogen-bond donors (Lipinski definition) is 1. The quantitative estimate of drug-likeness (QED) is 0.172. The largest absolute Gasteiger partial charge is 0.497 e. The van der Waals surface area contributed by atoms with Gasteiger partial charge in [-0.3, -0.25) is 4.79 Å². The molecule has 186 valence electrons. The third-order valence-electron chi connectivity index (χ3n) is 6.07. The van der Waals surface area contributed by atoms with E-state index in [2.05, 4.69) is 33.9 Å². The van der Waals surface area contributed by atoms with Gasteiger partial charge < -0.3 is 19.1 Å². The number of carbonyl (C=O) groups is 1. The first-order valence-electron chi connectivity index (χ1n) is 11.7. The molecule has 0 aliphatic rings. The van der Waals surface area contributed by atoms with Crippen LogP contribution in [0.15, 0.2) is 89.8 Å². The Bertz CT molecular complexity index is 1330. The van der Waals surface area contributed by atoms with Crippen LogP contribution >= 0.6 is 23.5 Å². The number of anilines is 2. The fraction of sp³-hybridized carbons (Fsp3) is 0.207. The van der Waals surface area contributed by atoms with E-state index in [1.54, 1.807) is 19.1 Å². The van der Waals surface area contributed by atoms with Gasteiger partial charge in [-0.05, 0) is 66.9 Å². The lowest BCUT2D eigenvalue weighted by atomic mass is 10.0. The number of methoxy groups -OCH3 is 2. The highest BCUT2D eigenvalue weighted by Gasteiger charge is 2.22. The molecule has 4 aromatic rings. The topological polar surface area (TPSA) is 50.8 Å². The van der Waals surface area contributed by atoms with E-state index in [9.17, 15) is 4.79 Å². The van der Waals surface area contributed by atoms with Crippen LogP contribution in [0.25, 0.3) is 10.8 Å². The van der Waals surface area contributed by atoms with Crippen LogP contribution in [-0.2, 0) is 16.1 Å². The van der Waals surface area contributed by atoms with Crippen molar-refractivity contribution in [3.8, 4) is 5.75 Å². The average Bonchev–Trinajstić information content (AvgIpc) is 2.91. The van der Waals surface area contributed by atoms with Crippen molar-refractivity contribution in [3.05, 3.63) is 95.5 Å². The van der Waals surface area contributed by atoms with E-state index in [1.165, 1.54) is 7.11 Å². The molecule has 0 amide bonds. The summed E-state index contributed by atoms with van der Waals surface area (Å²) in [5.41, 5.74) is 3.03. The molecule has 0 unspecified atom stereocenters. The minimum Gasteiger partial charge on any atom is -0.497 e. The predicted molar refractivity (Wildman–Crippen MR) is 150 cm³/mol. The summed E-state index contributed by atoms with van der Waals surface area (Å²) in [6.07, 6.45) is 0.266. The second-order valence-corrected chi connectivity index (χ2v) is 9.69. The molecule has 4 rings (SSSR count). The fourth-order valence-corrected chi connectivity index (χ4v) is 4.98. The van der Waals surface area contributed by atoms with E-state index < -0.39 is 0 Å². The van der Waals surface area contributed by atoms with Crippen molar-refractivity contribution >= 4 is 51.7 Å². The number of fused-ring (bicyclic) bond motifs is 1. The van der Waals surface area contributed by atoms with Crippen molar-refractivity contribution in [2.75, 3.05) is 23.8 Å². The van der Waals surface area contributed by atoms with Crippen molar-refractivity contribution < 1.29 is 14.3 Å². The highest BCUT2D eigenvalue weighted by atomic mass is 35.5. The Labute approximate surface area is 221 Å². The van der Waals surface area contributed by atoms with Crippen LogP contribution in [-0.4, -0.2) is 26.2 Å². The summed E-state index contributed by atoms with van der Waals surface area (Å²) in [7, 11) is 3.08. The van der Waals surface area contributed by atoms with E-state index >= 15 is 0 Å². The monoisotopic (exact) mass is 520 g/mol. The Morgan fingerprint density at radius 2 is 1.64 bits per heavy atom. The van der Waals surface area contributed by atoms with Gasteiger partial charge in [0.2, 0.25) is 0 Å². The second kappa shape index (κ2) is 12.1. The van der Waals surface area contributed by atoms with Gasteiger partial charge in [0.1, 0.15) is 5.75 Å². The molecule has 1 atom stereocenters. The van der Waals surface area contributed by atoms with Crippen LogP contribution in [0.2, 0.25) is 5.02 Å². The fourth-order valence-electron chi connectivity index (χ4n) is 4.10. The SMILES string of the molecule is COC(=O)C[C@H](C)N(Cc1ccccc1Cl)c1ccc(NSc2ccc(OC)cc2)c2ccccc12. The summed E-state index contributed by atoms with van der Waals surface area (Å²) < 4.78 is 13.7. The lowest BCUT2D eigenvalue weighted by molar-refractivity contribution is -0.140. The van der Waals surface area contributed by atoms with Gasteiger partial charge in [-0.15, -0.1) is 0 Å². The summed E-state index contributed by atoms with van der Waals surface area (Å²) in [4.78, 5) is 15.5. The third-order valence-corrected chi connectivity index (χ3v) is 7.27. The Hall–Kier alpha value is -3.35. The Kier molecular flexibility index (Phi) is 8.62. The van der Waals surface area contributed by atoms with Crippen molar-refractivity contribution in [3.63, 3.8) is 0 Å². The van der Waals surface area contributed by atoms with E-state index in [0.29, 0.717) is 11.6 Å². The molecule has 1 N–H and O–H groups in total. The number of benzene rings is 4. The number of rotatable bonds is 10. The number of nitrogens with one attached hydrogen (secondary N) is 1. The van der Waals surface area contributed by atoms with Gasteiger partial charge in [-0.1, -0.05) is 54.1 Å². The number of carbonyl (C=O) groups excluding carboxylic acids is 1. The standard InChI is InChI=1S/C29H29ClN2O3S/c1-20(18-29(33)35-3)32(19-21-8-4-7-11-26(21)30)28-17-16-27(24-9-5-6-10-25(24)28)31-36-23-14-12-22(34-2)13-15-23/h4-17,20,31H,18-19H2,1-3H3/t20-/m0/s1. The maximum Gasteiger partial charge on any atom is 0.307 e. The summed E-state index contributed by atoms with van der Waals surface area (Å²) in [6, 6.07) is 28.1. The minimum atomic E-state index is -0.245. The summed E-state index contributed by atoms with van der Waals surface area (Å²) in [5, 5.41) is 2.87. The lowest BCUT2D eigenvalue weighted by Gasteiger charge is -2.32. The molecule has 0 saturated heterocycles. The van der Waals surface area contributed by atoms with Gasteiger partial charge in [0.15, 0.2) is 0 Å². The maximum atomic E-state index is 12.2. The molecule has 0 aromatic heterocycles. The summed E-state index contributed by atoms with van der Waals surface area (Å²) >= 11 is 8.06. The Balaban J connectivity index is 1.68. The van der Waals surface area contributed by atoms with Crippen molar-refractivity contribution in [1.29, 1.82) is 0 Å². The maximum absolute atomic E-state index is 12.2. The minimum absolute atomic E-state index is 0.107. The van der Waals surface area contributed by atoms with Gasteiger partial charge in [-0.2, -0.15) is 0 Å². The zero-order valence-corrected chi connectivity index (χ0v) is 22.1. The highest BCUT2D eigenvalue weighted by molar-refractivity contribution is 8.00. The first-order valence-corrected chi connectivity index (χ1v) is 12.8. The molecular weight excluding hydrogens is 492 g/mol. The van der Waals surface area contributed by atoms with Crippen LogP contribution in [0, 0.1) is 0 Å². The zero-order chi connectivity index (χ0) is 25.5. The van der Waals surface area contributed by atoms with Crippen LogP contribution in [0.5, 0.6) is 5.75 Å². The van der Waals surface area contributed by atoms with E-state index in [4.69, 9.17) is 21.1 Å². The lowest BCUT2D eigenvalue weighted by Crippen LogP contribution is -2.35. The predicted octanol–water partition coefficient (Wildman–Crippen LogP) is 7.58. The highest BCUT2D eigenvalue weighted by Crippen LogP contribution is 2.37. The second-order valence-electron chi connectivity index (χ2n) is 8.41. The Morgan fingerprint density at radius 3 is 2.33 bits per heavy atom. The number of ether oxygens (including phenoxy) is 2. The van der Waals surface area contributed by atoms with Crippen LogP contribution < -0.4 is 14.4 Å². The van der Waals surface area contributed by atoms with Gasteiger partial charge in [-0.25, -0.2) is 0 Å². The molecule has 4 aromatic carbocycles. The van der Waals surface area contributed by atoms with Crippen molar-refractivity contribution in [2.24, 2.45) is 0 Å². The molecule has 0 bridgehead atoms.